The van der Waals surface area contributed by atoms with Crippen molar-refractivity contribution in [3.8, 4) is 11.3 Å². The van der Waals surface area contributed by atoms with E-state index in [1.165, 1.54) is 6.07 Å². The van der Waals surface area contributed by atoms with E-state index in [-0.39, 0.29) is 29.9 Å². The number of aromatic amines is 2. The van der Waals surface area contributed by atoms with Crippen LogP contribution in [0.4, 0.5) is 0 Å². The molecule has 30 heavy (non-hydrogen) atoms. The van der Waals surface area contributed by atoms with E-state index in [2.05, 4.69) is 25.8 Å². The van der Waals surface area contributed by atoms with E-state index in [0.29, 0.717) is 16.8 Å². The van der Waals surface area contributed by atoms with Crippen molar-refractivity contribution in [1.29, 1.82) is 0 Å². The van der Waals surface area contributed by atoms with Crippen LogP contribution in [0, 0.1) is 0 Å². The second kappa shape index (κ2) is 8.08. The molecule has 0 spiro atoms. The van der Waals surface area contributed by atoms with Crippen molar-refractivity contribution < 1.29 is 14.1 Å². The Balaban J connectivity index is 1.33. The lowest BCUT2D eigenvalue weighted by molar-refractivity contribution is -0.120. The van der Waals surface area contributed by atoms with Crippen molar-refractivity contribution >= 4 is 22.8 Å². The summed E-state index contributed by atoms with van der Waals surface area (Å²) in [6.45, 7) is 1.61. The molecule has 2 aromatic heterocycles. The minimum absolute atomic E-state index is 0.0940. The van der Waals surface area contributed by atoms with Gasteiger partial charge in [-0.1, -0.05) is 41.6 Å². The third-order valence-corrected chi connectivity index (χ3v) is 4.63. The Labute approximate surface area is 170 Å². The number of nitrogens with zero attached hydrogens (tertiary/aromatic N) is 1. The van der Waals surface area contributed by atoms with Gasteiger partial charge in [-0.05, 0) is 24.6 Å². The fourth-order valence-corrected chi connectivity index (χ4v) is 3.07. The average Bonchev–Trinajstić information content (AvgIpc) is 3.38. The Hall–Kier alpha value is -4.14. The normalized spacial score (nSPS) is 11.9. The van der Waals surface area contributed by atoms with Gasteiger partial charge in [0, 0.05) is 11.6 Å². The van der Waals surface area contributed by atoms with E-state index in [1.54, 1.807) is 12.1 Å². The molecule has 0 radical (unpaired) electrons. The third-order valence-electron chi connectivity index (χ3n) is 4.63. The van der Waals surface area contributed by atoms with Gasteiger partial charge in [-0.15, -0.1) is 0 Å². The van der Waals surface area contributed by atoms with Crippen LogP contribution in [0.15, 0.2) is 63.9 Å². The van der Waals surface area contributed by atoms with Gasteiger partial charge in [0.05, 0.1) is 23.6 Å². The second-order valence-electron chi connectivity index (χ2n) is 6.80. The SMILES string of the molecule is CC(NC(=O)CNC(=O)c1cc(-c2ccccc2)on1)c1ccc2[nH]c(=O)[nH]c2c1. The van der Waals surface area contributed by atoms with Gasteiger partial charge in [0.2, 0.25) is 5.91 Å². The average molecular weight is 405 g/mol. The predicted octanol–water partition coefficient (Wildman–Crippen LogP) is 2.12. The first-order chi connectivity index (χ1) is 14.5. The Kier molecular flexibility index (Phi) is 5.17. The third kappa shape index (κ3) is 4.14. The molecule has 2 amide bonds. The first-order valence-corrected chi connectivity index (χ1v) is 9.31. The summed E-state index contributed by atoms with van der Waals surface area (Å²) < 4.78 is 5.20. The summed E-state index contributed by atoms with van der Waals surface area (Å²) in [5, 5.41) is 9.09. The van der Waals surface area contributed by atoms with Crippen LogP contribution in [0.2, 0.25) is 0 Å². The number of rotatable bonds is 6. The standard InChI is InChI=1S/C21H19N5O4/c1-12(14-7-8-15-16(9-14)25-21(29)24-15)23-19(27)11-22-20(28)17-10-18(30-26-17)13-5-3-2-4-6-13/h2-10,12H,11H2,1H3,(H,22,28)(H,23,27)(H2,24,25,29). The lowest BCUT2D eigenvalue weighted by Gasteiger charge is -2.14. The second-order valence-corrected chi connectivity index (χ2v) is 6.80. The van der Waals surface area contributed by atoms with Gasteiger partial charge in [0.15, 0.2) is 11.5 Å². The number of imidazole rings is 1. The van der Waals surface area contributed by atoms with E-state index < -0.39 is 5.91 Å². The largest absolute Gasteiger partial charge is 0.355 e. The van der Waals surface area contributed by atoms with E-state index in [1.807, 2.05) is 43.3 Å². The highest BCUT2D eigenvalue weighted by atomic mass is 16.5. The van der Waals surface area contributed by atoms with Gasteiger partial charge in [-0.25, -0.2) is 4.79 Å². The summed E-state index contributed by atoms with van der Waals surface area (Å²) >= 11 is 0. The topological polar surface area (TPSA) is 133 Å². The molecule has 0 saturated heterocycles. The molecule has 9 nitrogen and oxygen atoms in total. The molecule has 0 aliphatic carbocycles. The highest BCUT2D eigenvalue weighted by Crippen LogP contribution is 2.19. The molecule has 1 unspecified atom stereocenters. The van der Waals surface area contributed by atoms with Gasteiger partial charge >= 0.3 is 5.69 Å². The summed E-state index contributed by atoms with van der Waals surface area (Å²) in [4.78, 5) is 41.2. The van der Waals surface area contributed by atoms with Crippen molar-refractivity contribution in [2.45, 2.75) is 13.0 Å². The maximum absolute atomic E-state index is 12.2. The summed E-state index contributed by atoms with van der Waals surface area (Å²) in [6.07, 6.45) is 0. The summed E-state index contributed by atoms with van der Waals surface area (Å²) in [5.74, 6) is -0.391. The number of carbonyl (C=O) groups excluding carboxylic acids is 2. The van der Waals surface area contributed by atoms with Crippen molar-refractivity contribution in [2.75, 3.05) is 6.54 Å². The van der Waals surface area contributed by atoms with Crippen LogP contribution in [0.3, 0.4) is 0 Å². The first-order valence-electron chi connectivity index (χ1n) is 9.31. The molecule has 0 saturated carbocycles. The summed E-state index contributed by atoms with van der Waals surface area (Å²) in [5.41, 5.74) is 2.78. The highest BCUT2D eigenvalue weighted by Gasteiger charge is 2.16. The predicted molar refractivity (Wildman–Crippen MR) is 110 cm³/mol. The van der Waals surface area contributed by atoms with Crippen molar-refractivity contribution in [3.63, 3.8) is 0 Å². The fraction of sp³-hybridized carbons (Fsp3) is 0.143. The molecule has 0 fully saturated rings. The molecule has 4 aromatic rings. The van der Waals surface area contributed by atoms with Crippen LogP contribution in [-0.4, -0.2) is 33.5 Å². The molecule has 152 valence electrons. The van der Waals surface area contributed by atoms with Crippen molar-refractivity contribution in [3.05, 3.63) is 76.3 Å². The number of aromatic nitrogens is 3. The van der Waals surface area contributed by atoms with Crippen LogP contribution in [-0.2, 0) is 4.79 Å². The van der Waals surface area contributed by atoms with E-state index in [0.717, 1.165) is 11.1 Å². The van der Waals surface area contributed by atoms with Gasteiger partial charge in [0.1, 0.15) is 0 Å². The molecule has 2 heterocycles. The monoisotopic (exact) mass is 405 g/mol. The van der Waals surface area contributed by atoms with E-state index >= 15 is 0 Å². The molecule has 0 bridgehead atoms. The summed E-state index contributed by atoms with van der Waals surface area (Å²) in [7, 11) is 0. The van der Waals surface area contributed by atoms with Crippen LogP contribution in [0.5, 0.6) is 0 Å². The number of hydrogen-bond acceptors (Lipinski definition) is 5. The maximum atomic E-state index is 12.2. The molecule has 2 aromatic carbocycles. The zero-order valence-corrected chi connectivity index (χ0v) is 16.1. The number of H-pyrrole nitrogens is 2. The molecule has 0 aliphatic heterocycles. The molecule has 1 atom stereocenters. The summed E-state index contributed by atoms with van der Waals surface area (Å²) in [6, 6.07) is 15.9. The minimum atomic E-state index is -0.505. The number of nitrogens with one attached hydrogen (secondary N) is 4. The van der Waals surface area contributed by atoms with Crippen LogP contribution >= 0.6 is 0 Å². The number of hydrogen-bond donors (Lipinski definition) is 4. The highest BCUT2D eigenvalue weighted by molar-refractivity contribution is 5.95. The Bertz CT molecular complexity index is 1260. The smallest absolute Gasteiger partial charge is 0.323 e. The van der Waals surface area contributed by atoms with Gasteiger partial charge in [-0.3, -0.25) is 9.59 Å². The van der Waals surface area contributed by atoms with Gasteiger partial charge in [-0.2, -0.15) is 0 Å². The van der Waals surface area contributed by atoms with E-state index in [4.69, 9.17) is 4.52 Å². The Morgan fingerprint density at radius 1 is 1.07 bits per heavy atom. The number of carbonyl (C=O) groups is 2. The van der Waals surface area contributed by atoms with Crippen LogP contribution in [0.25, 0.3) is 22.4 Å². The lowest BCUT2D eigenvalue weighted by Crippen LogP contribution is -2.38. The molecular formula is C21H19N5O4. The minimum Gasteiger partial charge on any atom is -0.355 e. The number of amides is 2. The molecule has 4 N–H and O–H groups in total. The van der Waals surface area contributed by atoms with Crippen molar-refractivity contribution in [2.24, 2.45) is 0 Å². The number of benzene rings is 2. The first kappa shape index (κ1) is 19.2. The van der Waals surface area contributed by atoms with Gasteiger partial charge in [0.25, 0.3) is 5.91 Å². The van der Waals surface area contributed by atoms with E-state index in [9.17, 15) is 14.4 Å². The Morgan fingerprint density at radius 3 is 2.63 bits per heavy atom. The quantitative estimate of drug-likeness (QED) is 0.390. The fourth-order valence-electron chi connectivity index (χ4n) is 3.07. The maximum Gasteiger partial charge on any atom is 0.323 e. The van der Waals surface area contributed by atoms with Crippen LogP contribution in [0.1, 0.15) is 29.0 Å². The van der Waals surface area contributed by atoms with Gasteiger partial charge < -0.3 is 25.1 Å². The zero-order chi connectivity index (χ0) is 21.1. The van der Waals surface area contributed by atoms with Crippen molar-refractivity contribution in [1.82, 2.24) is 25.8 Å². The molecule has 9 heteroatoms. The molecular weight excluding hydrogens is 386 g/mol. The Morgan fingerprint density at radius 2 is 1.83 bits per heavy atom. The lowest BCUT2D eigenvalue weighted by atomic mass is 10.1. The zero-order valence-electron chi connectivity index (χ0n) is 16.1. The van der Waals surface area contributed by atoms with Crippen LogP contribution < -0.4 is 16.3 Å². The molecule has 0 aliphatic rings. The molecule has 4 rings (SSSR count). The number of fused-ring (bicyclic) bond motifs is 1.